The van der Waals surface area contributed by atoms with Gasteiger partial charge in [-0.05, 0) is 87.9 Å². The largest absolute Gasteiger partial charge is 0.496 e. The number of hydrogen-bond donors (Lipinski definition) is 2. The first-order valence-electron chi connectivity index (χ1n) is 17.7. The lowest BCUT2D eigenvalue weighted by Crippen LogP contribution is -2.49. The molecule has 0 aliphatic carbocycles. The van der Waals surface area contributed by atoms with Crippen molar-refractivity contribution in [1.82, 2.24) is 19.7 Å². The fourth-order valence-corrected chi connectivity index (χ4v) is 8.12. The summed E-state index contributed by atoms with van der Waals surface area (Å²) in [5.74, 6) is 0.796. The molecule has 0 saturated carbocycles. The van der Waals surface area contributed by atoms with Gasteiger partial charge < -0.3 is 20.5 Å². The molecule has 0 radical (unpaired) electrons. The number of ether oxygens (including phenoxy) is 1. The Labute approximate surface area is 281 Å². The van der Waals surface area contributed by atoms with Crippen LogP contribution in [0.15, 0.2) is 79.1 Å². The fourth-order valence-electron chi connectivity index (χ4n) is 8.12. The average molecular weight is 642 g/mol. The second-order valence-corrected chi connectivity index (χ2v) is 13.4. The number of methoxy groups -OCH3 is 1. The Morgan fingerprint density at radius 3 is 2.17 bits per heavy atom. The predicted molar refractivity (Wildman–Crippen MR) is 188 cm³/mol. The number of hydrogen-bond acceptors (Lipinski definition) is 7. The third kappa shape index (κ3) is 8.79. The molecule has 2 aliphatic heterocycles. The lowest BCUT2D eigenvalue weighted by molar-refractivity contribution is -0.123. The van der Waals surface area contributed by atoms with Crippen LogP contribution in [0.25, 0.3) is 0 Å². The van der Waals surface area contributed by atoms with Gasteiger partial charge in [-0.2, -0.15) is 0 Å². The number of carbonyl (C=O) groups is 1. The molecule has 2 saturated heterocycles. The fraction of sp³-hybridized carbons (Fsp3) is 0.538. The monoisotopic (exact) mass is 641 g/mol. The van der Waals surface area contributed by atoms with Crippen molar-refractivity contribution in [3.05, 3.63) is 95.8 Å². The van der Waals surface area contributed by atoms with Gasteiger partial charge >= 0.3 is 0 Å². The quantitative estimate of drug-likeness (QED) is 0.187. The Morgan fingerprint density at radius 1 is 0.894 bits per heavy atom. The van der Waals surface area contributed by atoms with Crippen molar-refractivity contribution in [2.75, 3.05) is 59.5 Å². The van der Waals surface area contributed by atoms with Gasteiger partial charge in [0.05, 0.1) is 13.7 Å². The number of rotatable bonds is 18. The summed E-state index contributed by atoms with van der Waals surface area (Å²) in [6.07, 6.45) is 12.9. The van der Waals surface area contributed by atoms with Crippen molar-refractivity contribution >= 4 is 5.91 Å². The van der Waals surface area contributed by atoms with Crippen LogP contribution in [-0.4, -0.2) is 96.3 Å². The molecule has 0 spiro atoms. The van der Waals surface area contributed by atoms with E-state index >= 15 is 0 Å². The number of nitrogens with zero attached hydrogens (tertiary/aromatic N) is 4. The Morgan fingerprint density at radius 2 is 1.53 bits per heavy atom. The number of amides is 1. The molecule has 2 aromatic carbocycles. The Bertz CT molecular complexity index is 1310. The summed E-state index contributed by atoms with van der Waals surface area (Å²) in [7, 11) is 1.72. The van der Waals surface area contributed by atoms with E-state index in [0.717, 1.165) is 94.1 Å². The average Bonchev–Trinajstić information content (AvgIpc) is 3.58. The number of aliphatic hydroxyl groups is 1. The Kier molecular flexibility index (Phi) is 13.2. The number of benzene rings is 2. The van der Waals surface area contributed by atoms with E-state index in [2.05, 4.69) is 43.9 Å². The van der Waals surface area contributed by atoms with Crippen molar-refractivity contribution in [2.24, 2.45) is 11.7 Å². The second-order valence-electron chi connectivity index (χ2n) is 13.4. The topological polar surface area (TPSA) is 95.2 Å². The number of aliphatic hydroxyl groups excluding tert-OH is 1. The van der Waals surface area contributed by atoms with Crippen LogP contribution >= 0.6 is 0 Å². The Balaban J connectivity index is 1.03. The van der Waals surface area contributed by atoms with Crippen LogP contribution in [-0.2, 0) is 16.8 Å². The third-order valence-corrected chi connectivity index (χ3v) is 10.6. The normalized spacial score (nSPS) is 18.1. The molecule has 2 fully saturated rings. The minimum absolute atomic E-state index is 0.146. The SMILES string of the molecule is COc1ccncc1CN1CCC(N(CCO)CCCCCCCN2CC[C@@H](C(C(N)=O)(c3ccccc3)c3ccccc3)C2)CC1. The molecule has 2 aliphatic rings. The van der Waals surface area contributed by atoms with E-state index in [4.69, 9.17) is 10.5 Å². The first kappa shape index (κ1) is 35.0. The summed E-state index contributed by atoms with van der Waals surface area (Å²) in [6, 6.07) is 22.8. The Hall–Kier alpha value is -3.30. The summed E-state index contributed by atoms with van der Waals surface area (Å²) in [5.41, 5.74) is 8.60. The van der Waals surface area contributed by atoms with Crippen LogP contribution in [0.1, 0.15) is 68.1 Å². The number of unbranched alkanes of at least 4 members (excludes halogenated alkanes) is 4. The maximum Gasteiger partial charge on any atom is 0.232 e. The van der Waals surface area contributed by atoms with Crippen molar-refractivity contribution in [2.45, 2.75) is 69.4 Å². The van der Waals surface area contributed by atoms with Gasteiger partial charge in [-0.3, -0.25) is 19.6 Å². The van der Waals surface area contributed by atoms with Gasteiger partial charge in [0.2, 0.25) is 5.91 Å². The van der Waals surface area contributed by atoms with Crippen LogP contribution in [0.3, 0.4) is 0 Å². The van der Waals surface area contributed by atoms with Crippen LogP contribution < -0.4 is 10.5 Å². The number of piperidine rings is 1. The molecule has 8 nitrogen and oxygen atoms in total. The molecule has 5 rings (SSSR count). The van der Waals surface area contributed by atoms with E-state index in [1.54, 1.807) is 13.3 Å². The van der Waals surface area contributed by atoms with Crippen molar-refractivity contribution in [1.29, 1.82) is 0 Å². The standard InChI is InChI=1S/C39H55N5O3/c1-47-37-17-21-41-29-32(37)30-43-25-19-36(20-26-43)44(27-28-45)23-12-4-2-3-11-22-42-24-18-35(31-42)39(38(40)46,33-13-7-5-8-14-33)34-15-9-6-10-16-34/h5-10,13-17,21,29,35-36,45H,2-4,11-12,18-20,22-28,30-31H2,1H3,(H2,40,46)/t35-/m1/s1. The van der Waals surface area contributed by atoms with Gasteiger partial charge in [0.1, 0.15) is 11.2 Å². The smallest absolute Gasteiger partial charge is 0.232 e. The van der Waals surface area contributed by atoms with Gasteiger partial charge in [0, 0.05) is 43.6 Å². The summed E-state index contributed by atoms with van der Waals surface area (Å²) in [5, 5.41) is 9.77. The zero-order valence-corrected chi connectivity index (χ0v) is 28.3. The van der Waals surface area contributed by atoms with Crippen LogP contribution in [0.4, 0.5) is 0 Å². The van der Waals surface area contributed by atoms with Crippen LogP contribution in [0, 0.1) is 5.92 Å². The number of pyridine rings is 1. The summed E-state index contributed by atoms with van der Waals surface area (Å²) in [6.45, 7) is 7.97. The van der Waals surface area contributed by atoms with Gasteiger partial charge in [0.15, 0.2) is 0 Å². The van der Waals surface area contributed by atoms with Gasteiger partial charge in [-0.1, -0.05) is 79.9 Å². The molecule has 3 heterocycles. The molecule has 0 bridgehead atoms. The molecule has 47 heavy (non-hydrogen) atoms. The molecule has 3 N–H and O–H groups in total. The lowest BCUT2D eigenvalue weighted by Gasteiger charge is -2.38. The van der Waals surface area contributed by atoms with Crippen molar-refractivity contribution < 1.29 is 14.6 Å². The maximum absolute atomic E-state index is 13.3. The minimum atomic E-state index is -0.818. The molecule has 3 aromatic rings. The van der Waals surface area contributed by atoms with E-state index in [9.17, 15) is 9.90 Å². The summed E-state index contributed by atoms with van der Waals surface area (Å²) in [4.78, 5) is 25.2. The highest BCUT2D eigenvalue weighted by Crippen LogP contribution is 2.43. The molecule has 1 aromatic heterocycles. The van der Waals surface area contributed by atoms with E-state index in [-0.39, 0.29) is 18.4 Å². The first-order chi connectivity index (χ1) is 23.1. The van der Waals surface area contributed by atoms with E-state index in [0.29, 0.717) is 6.04 Å². The van der Waals surface area contributed by atoms with E-state index < -0.39 is 5.41 Å². The zero-order chi connectivity index (χ0) is 32.9. The van der Waals surface area contributed by atoms with E-state index in [1.165, 1.54) is 32.1 Å². The summed E-state index contributed by atoms with van der Waals surface area (Å²) >= 11 is 0. The maximum atomic E-state index is 13.3. The molecular weight excluding hydrogens is 586 g/mol. The summed E-state index contributed by atoms with van der Waals surface area (Å²) < 4.78 is 5.52. The third-order valence-electron chi connectivity index (χ3n) is 10.6. The first-order valence-corrected chi connectivity index (χ1v) is 17.7. The highest BCUT2D eigenvalue weighted by atomic mass is 16.5. The minimum Gasteiger partial charge on any atom is -0.496 e. The molecular formula is C39H55N5O3. The number of nitrogens with two attached hydrogens (primary N) is 1. The van der Waals surface area contributed by atoms with Crippen LogP contribution in [0.5, 0.6) is 5.75 Å². The van der Waals surface area contributed by atoms with Gasteiger partial charge in [-0.25, -0.2) is 0 Å². The zero-order valence-electron chi connectivity index (χ0n) is 28.3. The second kappa shape index (κ2) is 17.7. The predicted octanol–water partition coefficient (Wildman–Crippen LogP) is 5.09. The number of primary amides is 1. The highest BCUT2D eigenvalue weighted by Gasteiger charge is 2.49. The lowest BCUT2D eigenvalue weighted by atomic mass is 9.64. The number of carbonyl (C=O) groups excluding carboxylic acids is 1. The molecule has 8 heteroatoms. The van der Waals surface area contributed by atoms with Crippen molar-refractivity contribution in [3.63, 3.8) is 0 Å². The highest BCUT2D eigenvalue weighted by molar-refractivity contribution is 5.91. The van der Waals surface area contributed by atoms with Crippen molar-refractivity contribution in [3.8, 4) is 5.75 Å². The van der Waals surface area contributed by atoms with E-state index in [1.807, 2.05) is 48.7 Å². The molecule has 1 amide bonds. The van der Waals surface area contributed by atoms with Gasteiger partial charge in [0.25, 0.3) is 0 Å². The molecule has 0 unspecified atom stereocenters. The number of likely N-dealkylation sites (tertiary alicyclic amines) is 2. The molecule has 254 valence electrons. The molecule has 1 atom stereocenters. The number of aromatic nitrogens is 1. The van der Waals surface area contributed by atoms with Gasteiger partial charge in [-0.15, -0.1) is 0 Å². The van der Waals surface area contributed by atoms with Crippen LogP contribution in [0.2, 0.25) is 0 Å².